The van der Waals surface area contributed by atoms with E-state index in [0.29, 0.717) is 5.13 Å². The summed E-state index contributed by atoms with van der Waals surface area (Å²) in [6.45, 7) is 0. The van der Waals surface area contributed by atoms with Gasteiger partial charge in [-0.25, -0.2) is 4.39 Å². The van der Waals surface area contributed by atoms with Crippen LogP contribution in [0, 0.1) is 5.82 Å². The normalized spacial score (nSPS) is 10.9. The predicted molar refractivity (Wildman–Crippen MR) is 101 cm³/mol. The summed E-state index contributed by atoms with van der Waals surface area (Å²) in [5, 5.41) is 13.3. The van der Waals surface area contributed by atoms with Gasteiger partial charge in [0.25, 0.3) is 0 Å². The summed E-state index contributed by atoms with van der Waals surface area (Å²) in [6.07, 6.45) is 1.81. The molecule has 0 aliphatic rings. The molecule has 1 N–H and O–H groups in total. The molecule has 0 saturated carbocycles. The Kier molecular flexibility index (Phi) is 4.58. The van der Waals surface area contributed by atoms with E-state index >= 15 is 0 Å². The highest BCUT2D eigenvalue weighted by molar-refractivity contribution is 8.00. The Morgan fingerprint density at radius 2 is 1.84 bits per heavy atom. The largest absolute Gasteiger partial charge is 0.330 e. The van der Waals surface area contributed by atoms with Crippen molar-refractivity contribution in [3.63, 3.8) is 0 Å². The maximum atomic E-state index is 12.9. The van der Waals surface area contributed by atoms with Gasteiger partial charge in [-0.3, -0.25) is 4.98 Å². The summed E-state index contributed by atoms with van der Waals surface area (Å²) in [6, 6.07) is 16.4. The number of anilines is 2. The standard InChI is InChI=1S/C18H13FN4S2/c19-14-6-8-15(9-7-14)21-17-22-23-18(25-17)24-11-13-4-1-3-12-5-2-10-20-16(12)13/h1-10H,11H2,(H,21,22). The number of nitrogens with zero attached hydrogens (tertiary/aromatic N) is 3. The van der Waals surface area contributed by atoms with E-state index in [4.69, 9.17) is 0 Å². The van der Waals surface area contributed by atoms with Crippen molar-refractivity contribution in [1.82, 2.24) is 15.2 Å². The molecular formula is C18H13FN4S2. The molecule has 2 aromatic heterocycles. The molecule has 4 nitrogen and oxygen atoms in total. The molecule has 124 valence electrons. The summed E-state index contributed by atoms with van der Waals surface area (Å²) >= 11 is 3.10. The van der Waals surface area contributed by atoms with Crippen molar-refractivity contribution in [2.75, 3.05) is 5.32 Å². The van der Waals surface area contributed by atoms with Gasteiger partial charge in [0.15, 0.2) is 4.34 Å². The molecular weight excluding hydrogens is 355 g/mol. The number of nitrogens with one attached hydrogen (secondary N) is 1. The second-order valence-corrected chi connectivity index (χ2v) is 7.49. The van der Waals surface area contributed by atoms with Crippen LogP contribution in [0.25, 0.3) is 10.9 Å². The first-order valence-electron chi connectivity index (χ1n) is 7.59. The second-order valence-electron chi connectivity index (χ2n) is 5.29. The van der Waals surface area contributed by atoms with E-state index in [1.165, 1.54) is 29.0 Å². The number of hydrogen-bond acceptors (Lipinski definition) is 6. The van der Waals surface area contributed by atoms with Crippen molar-refractivity contribution < 1.29 is 4.39 Å². The van der Waals surface area contributed by atoms with E-state index in [1.54, 1.807) is 23.9 Å². The number of benzene rings is 2. The smallest absolute Gasteiger partial charge is 0.210 e. The molecule has 0 saturated heterocycles. The Balaban J connectivity index is 1.45. The van der Waals surface area contributed by atoms with E-state index < -0.39 is 0 Å². The Bertz CT molecular complexity index is 996. The first-order valence-corrected chi connectivity index (χ1v) is 9.40. The van der Waals surface area contributed by atoms with Crippen LogP contribution in [0.3, 0.4) is 0 Å². The minimum absolute atomic E-state index is 0.261. The zero-order chi connectivity index (χ0) is 17.1. The third kappa shape index (κ3) is 3.78. The molecule has 4 rings (SSSR count). The Morgan fingerprint density at radius 1 is 1.00 bits per heavy atom. The summed E-state index contributed by atoms with van der Waals surface area (Å²) < 4.78 is 13.8. The first kappa shape index (κ1) is 16.0. The van der Waals surface area contributed by atoms with Crippen molar-refractivity contribution in [3.05, 3.63) is 72.2 Å². The van der Waals surface area contributed by atoms with Gasteiger partial charge < -0.3 is 5.32 Å². The highest BCUT2D eigenvalue weighted by Crippen LogP contribution is 2.31. The molecule has 0 radical (unpaired) electrons. The van der Waals surface area contributed by atoms with Crippen LogP contribution in [0.2, 0.25) is 0 Å². The van der Waals surface area contributed by atoms with Gasteiger partial charge in [0.2, 0.25) is 5.13 Å². The number of hydrogen-bond donors (Lipinski definition) is 1. The maximum absolute atomic E-state index is 12.9. The molecule has 0 spiro atoms. The Hall–Kier alpha value is -2.51. The van der Waals surface area contributed by atoms with Crippen LogP contribution < -0.4 is 5.32 Å². The average molecular weight is 368 g/mol. The molecule has 0 unspecified atom stereocenters. The van der Waals surface area contributed by atoms with Crippen molar-refractivity contribution in [3.8, 4) is 0 Å². The molecule has 25 heavy (non-hydrogen) atoms. The molecule has 0 fully saturated rings. The third-order valence-corrected chi connectivity index (χ3v) is 5.59. The minimum Gasteiger partial charge on any atom is -0.330 e. The van der Waals surface area contributed by atoms with Crippen LogP contribution in [-0.2, 0) is 5.75 Å². The van der Waals surface area contributed by atoms with Crippen LogP contribution in [0.1, 0.15) is 5.56 Å². The zero-order valence-electron chi connectivity index (χ0n) is 13.0. The summed E-state index contributed by atoms with van der Waals surface area (Å²) in [7, 11) is 0. The van der Waals surface area contributed by atoms with E-state index in [-0.39, 0.29) is 5.82 Å². The molecule has 4 aromatic rings. The molecule has 7 heteroatoms. The SMILES string of the molecule is Fc1ccc(Nc2nnc(SCc3cccc4cccnc34)s2)cc1. The zero-order valence-corrected chi connectivity index (χ0v) is 14.6. The molecule has 0 aliphatic heterocycles. The predicted octanol–water partition coefficient (Wildman–Crippen LogP) is 5.26. The van der Waals surface area contributed by atoms with Crippen LogP contribution in [0.5, 0.6) is 0 Å². The molecule has 0 aliphatic carbocycles. The summed E-state index contributed by atoms with van der Waals surface area (Å²) in [5.74, 6) is 0.516. The van der Waals surface area contributed by atoms with E-state index in [0.717, 1.165) is 26.7 Å². The monoisotopic (exact) mass is 368 g/mol. The quantitative estimate of drug-likeness (QED) is 0.487. The summed E-state index contributed by atoms with van der Waals surface area (Å²) in [4.78, 5) is 4.47. The number of halogens is 1. The van der Waals surface area contributed by atoms with Crippen LogP contribution in [0.15, 0.2) is 65.1 Å². The second kappa shape index (κ2) is 7.16. The molecule has 2 heterocycles. The van der Waals surface area contributed by atoms with Gasteiger partial charge in [0, 0.05) is 23.0 Å². The minimum atomic E-state index is -0.261. The lowest BCUT2D eigenvalue weighted by molar-refractivity contribution is 0.628. The number of pyridine rings is 1. The molecule has 0 bridgehead atoms. The fourth-order valence-electron chi connectivity index (χ4n) is 2.40. The van der Waals surface area contributed by atoms with Gasteiger partial charge in [-0.1, -0.05) is 47.4 Å². The van der Waals surface area contributed by atoms with Gasteiger partial charge in [-0.05, 0) is 35.9 Å². The first-order chi connectivity index (χ1) is 12.3. The molecule has 0 amide bonds. The fourth-order valence-corrected chi connectivity index (χ4v) is 4.16. The van der Waals surface area contributed by atoms with Crippen LogP contribution in [0.4, 0.5) is 15.2 Å². The number of fused-ring (bicyclic) bond motifs is 1. The van der Waals surface area contributed by atoms with E-state index in [9.17, 15) is 4.39 Å². The van der Waals surface area contributed by atoms with Crippen molar-refractivity contribution in [1.29, 1.82) is 0 Å². The lowest BCUT2D eigenvalue weighted by atomic mass is 10.1. The van der Waals surface area contributed by atoms with E-state index in [1.807, 2.05) is 18.3 Å². The lowest BCUT2D eigenvalue weighted by Crippen LogP contribution is -1.89. The highest BCUT2D eigenvalue weighted by Gasteiger charge is 2.08. The number of aromatic nitrogens is 3. The number of para-hydroxylation sites is 1. The van der Waals surface area contributed by atoms with Gasteiger partial charge in [0.1, 0.15) is 5.82 Å². The topological polar surface area (TPSA) is 50.7 Å². The maximum Gasteiger partial charge on any atom is 0.210 e. The van der Waals surface area contributed by atoms with Crippen molar-refractivity contribution in [2.45, 2.75) is 10.1 Å². The van der Waals surface area contributed by atoms with Gasteiger partial charge >= 0.3 is 0 Å². The highest BCUT2D eigenvalue weighted by atomic mass is 32.2. The van der Waals surface area contributed by atoms with E-state index in [2.05, 4.69) is 38.7 Å². The van der Waals surface area contributed by atoms with Crippen LogP contribution in [-0.4, -0.2) is 15.2 Å². The Labute approximate surface area is 152 Å². The van der Waals surface area contributed by atoms with Gasteiger partial charge in [0.05, 0.1) is 5.52 Å². The Morgan fingerprint density at radius 3 is 2.72 bits per heavy atom. The third-order valence-electron chi connectivity index (χ3n) is 3.57. The number of rotatable bonds is 5. The van der Waals surface area contributed by atoms with Crippen molar-refractivity contribution >= 4 is 44.8 Å². The molecule has 2 aromatic carbocycles. The lowest BCUT2D eigenvalue weighted by Gasteiger charge is -2.03. The van der Waals surface area contributed by atoms with Gasteiger partial charge in [-0.15, -0.1) is 10.2 Å². The average Bonchev–Trinajstić information content (AvgIpc) is 3.09. The summed E-state index contributed by atoms with van der Waals surface area (Å²) in [5.41, 5.74) is 2.98. The van der Waals surface area contributed by atoms with Crippen molar-refractivity contribution in [2.24, 2.45) is 0 Å². The van der Waals surface area contributed by atoms with Gasteiger partial charge in [-0.2, -0.15) is 0 Å². The number of thioether (sulfide) groups is 1. The van der Waals surface area contributed by atoms with Crippen LogP contribution >= 0.6 is 23.1 Å². The molecule has 0 atom stereocenters. The fraction of sp³-hybridized carbons (Fsp3) is 0.0556.